The zero-order valence-electron chi connectivity index (χ0n) is 15.6. The minimum atomic E-state index is -0.458. The van der Waals surface area contributed by atoms with Gasteiger partial charge in [-0.05, 0) is 55.6 Å². The molecule has 0 aromatic heterocycles. The van der Waals surface area contributed by atoms with Crippen molar-refractivity contribution in [1.82, 2.24) is 10.2 Å². The van der Waals surface area contributed by atoms with Crippen molar-refractivity contribution < 1.29 is 14.5 Å². The van der Waals surface area contributed by atoms with E-state index in [0.29, 0.717) is 6.54 Å². The molecule has 0 saturated heterocycles. The highest BCUT2D eigenvalue weighted by atomic mass is 16.6. The van der Waals surface area contributed by atoms with Crippen LogP contribution >= 0.6 is 0 Å². The Morgan fingerprint density at radius 1 is 1.19 bits per heavy atom. The number of carbonyl (C=O) groups excluding carboxylic acids is 1. The van der Waals surface area contributed by atoms with Gasteiger partial charge in [-0.2, -0.15) is 0 Å². The molecule has 1 unspecified atom stereocenters. The third-order valence-corrected chi connectivity index (χ3v) is 4.12. The van der Waals surface area contributed by atoms with Crippen LogP contribution in [0, 0.1) is 10.1 Å². The highest BCUT2D eigenvalue weighted by Gasteiger charge is 2.14. The fourth-order valence-corrected chi connectivity index (χ4v) is 2.56. The van der Waals surface area contributed by atoms with Crippen molar-refractivity contribution in [3.63, 3.8) is 0 Å². The van der Waals surface area contributed by atoms with Gasteiger partial charge in [-0.15, -0.1) is 0 Å². The SMILES string of the molecule is COc1ccc(C(CNC(=O)/C=C/c2ccc([N+](=O)[O-])cc2)N(C)C)cc1. The van der Waals surface area contributed by atoms with Gasteiger partial charge < -0.3 is 15.0 Å². The number of hydrogen-bond donors (Lipinski definition) is 1. The Morgan fingerprint density at radius 3 is 2.33 bits per heavy atom. The van der Waals surface area contributed by atoms with Crippen molar-refractivity contribution >= 4 is 17.7 Å². The van der Waals surface area contributed by atoms with Crippen LogP contribution in [0.5, 0.6) is 5.75 Å². The molecule has 1 N–H and O–H groups in total. The first-order valence-electron chi connectivity index (χ1n) is 8.41. The van der Waals surface area contributed by atoms with Crippen LogP contribution in [-0.2, 0) is 4.79 Å². The molecule has 0 saturated carbocycles. The maximum atomic E-state index is 12.1. The summed E-state index contributed by atoms with van der Waals surface area (Å²) in [4.78, 5) is 24.3. The maximum Gasteiger partial charge on any atom is 0.269 e. The van der Waals surface area contributed by atoms with E-state index < -0.39 is 4.92 Å². The van der Waals surface area contributed by atoms with E-state index in [0.717, 1.165) is 16.9 Å². The summed E-state index contributed by atoms with van der Waals surface area (Å²) >= 11 is 0. The molecule has 0 aliphatic heterocycles. The zero-order chi connectivity index (χ0) is 19.8. The number of nitro benzene ring substituents is 1. The lowest BCUT2D eigenvalue weighted by Gasteiger charge is -2.25. The number of carbonyl (C=O) groups is 1. The third kappa shape index (κ3) is 5.93. The Balaban J connectivity index is 1.95. The van der Waals surface area contributed by atoms with Crippen LogP contribution in [0.15, 0.2) is 54.6 Å². The monoisotopic (exact) mass is 369 g/mol. The van der Waals surface area contributed by atoms with Gasteiger partial charge in [0, 0.05) is 24.8 Å². The largest absolute Gasteiger partial charge is 0.497 e. The van der Waals surface area contributed by atoms with E-state index in [1.807, 2.05) is 43.3 Å². The summed E-state index contributed by atoms with van der Waals surface area (Å²) in [6.45, 7) is 0.447. The summed E-state index contributed by atoms with van der Waals surface area (Å²) < 4.78 is 5.17. The Kier molecular flexibility index (Phi) is 7.08. The van der Waals surface area contributed by atoms with Crippen LogP contribution in [0.25, 0.3) is 6.08 Å². The van der Waals surface area contributed by atoms with Crippen molar-refractivity contribution in [3.05, 3.63) is 75.8 Å². The van der Waals surface area contributed by atoms with Crippen molar-refractivity contribution in [2.75, 3.05) is 27.7 Å². The van der Waals surface area contributed by atoms with Crippen LogP contribution in [0.3, 0.4) is 0 Å². The Morgan fingerprint density at radius 2 is 1.81 bits per heavy atom. The molecule has 0 fully saturated rings. The Labute approximate surface area is 158 Å². The van der Waals surface area contributed by atoms with E-state index >= 15 is 0 Å². The lowest BCUT2D eigenvalue weighted by molar-refractivity contribution is -0.384. The van der Waals surface area contributed by atoms with Crippen LogP contribution in [0.1, 0.15) is 17.2 Å². The number of methoxy groups -OCH3 is 1. The highest BCUT2D eigenvalue weighted by molar-refractivity contribution is 5.91. The van der Waals surface area contributed by atoms with Gasteiger partial charge >= 0.3 is 0 Å². The second-order valence-corrected chi connectivity index (χ2v) is 6.18. The predicted octanol–water partition coefficient (Wildman–Crippen LogP) is 3.04. The fourth-order valence-electron chi connectivity index (χ4n) is 2.56. The van der Waals surface area contributed by atoms with E-state index in [-0.39, 0.29) is 17.6 Å². The van der Waals surface area contributed by atoms with Gasteiger partial charge in [0.25, 0.3) is 5.69 Å². The molecular weight excluding hydrogens is 346 g/mol. The first-order valence-corrected chi connectivity index (χ1v) is 8.41. The van der Waals surface area contributed by atoms with E-state index in [4.69, 9.17) is 4.74 Å². The average molecular weight is 369 g/mol. The molecule has 142 valence electrons. The molecule has 27 heavy (non-hydrogen) atoms. The standard InChI is InChI=1S/C20H23N3O4/c1-22(2)19(16-7-11-18(27-3)12-8-16)14-21-20(24)13-6-15-4-9-17(10-5-15)23(25)26/h4-13,19H,14H2,1-3H3,(H,21,24)/b13-6+. The number of benzene rings is 2. The number of non-ortho nitro benzene ring substituents is 1. The normalized spacial score (nSPS) is 12.1. The fraction of sp³-hybridized carbons (Fsp3) is 0.250. The molecule has 0 radical (unpaired) electrons. The number of amides is 1. The molecule has 2 aromatic carbocycles. The van der Waals surface area contributed by atoms with Gasteiger partial charge in [0.05, 0.1) is 18.1 Å². The smallest absolute Gasteiger partial charge is 0.269 e. The molecule has 7 nitrogen and oxygen atoms in total. The summed E-state index contributed by atoms with van der Waals surface area (Å²) in [7, 11) is 5.53. The van der Waals surface area contributed by atoms with Crippen LogP contribution in [0.2, 0.25) is 0 Å². The average Bonchev–Trinajstić information content (AvgIpc) is 2.67. The van der Waals surface area contributed by atoms with Crippen LogP contribution < -0.4 is 10.1 Å². The van der Waals surface area contributed by atoms with Crippen molar-refractivity contribution in [1.29, 1.82) is 0 Å². The maximum absolute atomic E-state index is 12.1. The molecular formula is C20H23N3O4. The van der Waals surface area contributed by atoms with Gasteiger partial charge in [-0.3, -0.25) is 14.9 Å². The summed E-state index contributed by atoms with van der Waals surface area (Å²) in [6, 6.07) is 13.8. The van der Waals surface area contributed by atoms with Gasteiger partial charge in [0.15, 0.2) is 0 Å². The number of likely N-dealkylation sites (N-methyl/N-ethyl adjacent to an activating group) is 1. The zero-order valence-corrected chi connectivity index (χ0v) is 15.6. The number of nitro groups is 1. The van der Waals surface area contributed by atoms with E-state index in [2.05, 4.69) is 5.32 Å². The Bertz CT molecular complexity index is 799. The molecule has 0 aliphatic rings. The van der Waals surface area contributed by atoms with Gasteiger partial charge in [-0.25, -0.2) is 0 Å². The highest BCUT2D eigenvalue weighted by Crippen LogP contribution is 2.20. The number of hydrogen-bond acceptors (Lipinski definition) is 5. The van der Waals surface area contributed by atoms with Crippen LogP contribution in [-0.4, -0.2) is 43.5 Å². The summed E-state index contributed by atoms with van der Waals surface area (Å²) in [6.07, 6.45) is 3.04. The molecule has 0 spiro atoms. The van der Waals surface area contributed by atoms with Crippen molar-refractivity contribution in [2.45, 2.75) is 6.04 Å². The van der Waals surface area contributed by atoms with Crippen LogP contribution in [0.4, 0.5) is 5.69 Å². The molecule has 1 amide bonds. The number of nitrogens with one attached hydrogen (secondary N) is 1. The minimum absolute atomic E-state index is 0.0184. The lowest BCUT2D eigenvalue weighted by atomic mass is 10.1. The number of rotatable bonds is 8. The first-order chi connectivity index (χ1) is 12.9. The summed E-state index contributed by atoms with van der Waals surface area (Å²) in [5, 5.41) is 13.5. The van der Waals surface area contributed by atoms with Crippen molar-refractivity contribution in [2.24, 2.45) is 0 Å². The molecule has 1 atom stereocenters. The van der Waals surface area contributed by atoms with E-state index in [1.165, 1.54) is 18.2 Å². The van der Waals surface area contributed by atoms with E-state index in [1.54, 1.807) is 25.3 Å². The quantitative estimate of drug-likeness (QED) is 0.439. The second kappa shape index (κ2) is 9.49. The van der Waals surface area contributed by atoms with Crippen molar-refractivity contribution in [3.8, 4) is 5.75 Å². The third-order valence-electron chi connectivity index (χ3n) is 4.12. The number of ether oxygens (including phenoxy) is 1. The topological polar surface area (TPSA) is 84.7 Å². The summed E-state index contributed by atoms with van der Waals surface area (Å²) in [5.74, 6) is 0.556. The Hall–Kier alpha value is -3.19. The molecule has 0 aliphatic carbocycles. The molecule has 0 bridgehead atoms. The minimum Gasteiger partial charge on any atom is -0.497 e. The molecule has 0 heterocycles. The van der Waals surface area contributed by atoms with Gasteiger partial charge in [0.1, 0.15) is 5.75 Å². The molecule has 2 rings (SSSR count). The van der Waals surface area contributed by atoms with Gasteiger partial charge in [0.2, 0.25) is 5.91 Å². The first kappa shape index (κ1) is 20.1. The molecule has 2 aromatic rings. The summed E-state index contributed by atoms with van der Waals surface area (Å²) in [5.41, 5.74) is 1.81. The lowest BCUT2D eigenvalue weighted by Crippen LogP contribution is -2.33. The second-order valence-electron chi connectivity index (χ2n) is 6.18. The molecule has 7 heteroatoms. The van der Waals surface area contributed by atoms with Gasteiger partial charge in [-0.1, -0.05) is 12.1 Å². The number of nitrogens with zero attached hydrogens (tertiary/aromatic N) is 2. The van der Waals surface area contributed by atoms with E-state index in [9.17, 15) is 14.9 Å². The predicted molar refractivity (Wildman–Crippen MR) is 105 cm³/mol.